The van der Waals surface area contributed by atoms with Crippen LogP contribution in [-0.4, -0.2) is 51.9 Å². The lowest BCUT2D eigenvalue weighted by atomic mass is 10.1. The molecule has 3 aliphatic rings. The van der Waals surface area contributed by atoms with Crippen molar-refractivity contribution < 1.29 is 9.59 Å². The van der Waals surface area contributed by atoms with Gasteiger partial charge >= 0.3 is 0 Å². The summed E-state index contributed by atoms with van der Waals surface area (Å²) in [6.07, 6.45) is 1.84. The summed E-state index contributed by atoms with van der Waals surface area (Å²) >= 11 is 1.60. The van der Waals surface area contributed by atoms with E-state index in [9.17, 15) is 9.59 Å². The van der Waals surface area contributed by atoms with E-state index in [4.69, 9.17) is 0 Å². The molecule has 3 aliphatic heterocycles. The lowest BCUT2D eigenvalue weighted by Crippen LogP contribution is -2.59. The molecule has 0 aliphatic carbocycles. The minimum atomic E-state index is -0.197. The van der Waals surface area contributed by atoms with E-state index in [0.717, 1.165) is 31.7 Å². The molecule has 0 bridgehead atoms. The van der Waals surface area contributed by atoms with Gasteiger partial charge in [-0.2, -0.15) is 0 Å². The maximum absolute atomic E-state index is 12.0. The van der Waals surface area contributed by atoms with Gasteiger partial charge in [-0.05, 0) is 12.8 Å². The predicted octanol–water partition coefficient (Wildman–Crippen LogP) is -0.108. The van der Waals surface area contributed by atoms with Gasteiger partial charge in [0.25, 0.3) is 5.91 Å². The molecule has 0 N–H and O–H groups in total. The Morgan fingerprint density at radius 2 is 2.00 bits per heavy atom. The topological polar surface area (TPSA) is 40.6 Å². The van der Waals surface area contributed by atoms with Crippen LogP contribution in [0.1, 0.15) is 12.8 Å². The van der Waals surface area contributed by atoms with Crippen LogP contribution in [0.2, 0.25) is 0 Å². The minimum Gasteiger partial charge on any atom is -0.328 e. The predicted molar refractivity (Wildman–Crippen MR) is 52.7 cm³/mol. The highest BCUT2D eigenvalue weighted by atomic mass is 32.2. The van der Waals surface area contributed by atoms with Crippen LogP contribution in [0.3, 0.4) is 0 Å². The molecule has 3 fully saturated rings. The Balaban J connectivity index is 1.96. The van der Waals surface area contributed by atoms with E-state index in [2.05, 4.69) is 0 Å². The Bertz CT molecular complexity index is 253. The second kappa shape index (κ2) is 2.89. The van der Waals surface area contributed by atoms with Crippen LogP contribution in [0.15, 0.2) is 0 Å². The molecule has 0 saturated carbocycles. The first-order valence-corrected chi connectivity index (χ1v) is 6.06. The Kier molecular flexibility index (Phi) is 1.77. The smallest absolute Gasteiger partial charge is 0.256 e. The van der Waals surface area contributed by atoms with Crippen LogP contribution < -0.4 is 0 Å². The third kappa shape index (κ3) is 0.960. The second-order valence-corrected chi connectivity index (χ2v) is 5.13. The van der Waals surface area contributed by atoms with Crippen molar-refractivity contribution in [2.24, 2.45) is 0 Å². The molecule has 76 valence electrons. The molecule has 0 aromatic rings. The highest BCUT2D eigenvalue weighted by Gasteiger charge is 2.49. The Hall–Kier alpha value is -0.710. The fourth-order valence-electron chi connectivity index (χ4n) is 2.52. The van der Waals surface area contributed by atoms with Crippen LogP contribution >= 0.6 is 11.8 Å². The van der Waals surface area contributed by atoms with Gasteiger partial charge in [0.05, 0.1) is 0 Å². The standard InChI is InChI=1S/C9H12N2O2S/c12-7-6-2-1-3-10(6)8(13)9-11(7)4-5-14-9/h6,9H,1-5H2. The molecule has 2 unspecified atom stereocenters. The normalized spacial score (nSPS) is 36.3. The van der Waals surface area contributed by atoms with E-state index in [1.807, 2.05) is 0 Å². The first-order valence-electron chi connectivity index (χ1n) is 5.01. The second-order valence-electron chi connectivity index (χ2n) is 3.94. The molecule has 5 heteroatoms. The van der Waals surface area contributed by atoms with E-state index >= 15 is 0 Å². The van der Waals surface area contributed by atoms with Crippen molar-refractivity contribution >= 4 is 23.6 Å². The van der Waals surface area contributed by atoms with Crippen molar-refractivity contribution in [1.82, 2.24) is 9.80 Å². The number of carbonyl (C=O) groups is 2. The van der Waals surface area contributed by atoms with Gasteiger partial charge in [-0.15, -0.1) is 11.8 Å². The van der Waals surface area contributed by atoms with Crippen LogP contribution in [0.4, 0.5) is 0 Å². The maximum atomic E-state index is 12.0. The van der Waals surface area contributed by atoms with Gasteiger partial charge in [0.2, 0.25) is 5.91 Å². The summed E-state index contributed by atoms with van der Waals surface area (Å²) < 4.78 is 0. The molecule has 0 aromatic carbocycles. The third-order valence-electron chi connectivity index (χ3n) is 3.21. The number of hydrogen-bond acceptors (Lipinski definition) is 3. The summed E-state index contributed by atoms with van der Waals surface area (Å²) in [5, 5.41) is -0.197. The molecular formula is C9H12N2O2S. The summed E-state index contributed by atoms with van der Waals surface area (Å²) in [4.78, 5) is 27.4. The van der Waals surface area contributed by atoms with Crippen molar-refractivity contribution in [1.29, 1.82) is 0 Å². The van der Waals surface area contributed by atoms with E-state index in [1.165, 1.54) is 0 Å². The Labute approximate surface area is 86.6 Å². The fraction of sp³-hybridized carbons (Fsp3) is 0.778. The van der Waals surface area contributed by atoms with Crippen molar-refractivity contribution in [3.05, 3.63) is 0 Å². The zero-order valence-corrected chi connectivity index (χ0v) is 8.63. The number of hydrogen-bond donors (Lipinski definition) is 0. The van der Waals surface area contributed by atoms with Gasteiger partial charge < -0.3 is 9.80 Å². The molecule has 2 atom stereocenters. The zero-order valence-electron chi connectivity index (χ0n) is 7.81. The largest absolute Gasteiger partial charge is 0.328 e. The van der Waals surface area contributed by atoms with E-state index in [1.54, 1.807) is 21.6 Å². The number of piperazine rings is 1. The minimum absolute atomic E-state index is 0.127. The number of rotatable bonds is 0. The first-order chi connectivity index (χ1) is 6.79. The molecule has 2 amide bonds. The molecule has 0 aromatic heterocycles. The molecule has 0 spiro atoms. The number of nitrogens with zero attached hydrogens (tertiary/aromatic N) is 2. The van der Waals surface area contributed by atoms with Gasteiger partial charge in [-0.1, -0.05) is 0 Å². The first kappa shape index (κ1) is 8.59. The number of thioether (sulfide) groups is 1. The summed E-state index contributed by atoms with van der Waals surface area (Å²) in [5.74, 6) is 1.25. The molecular weight excluding hydrogens is 200 g/mol. The molecule has 14 heavy (non-hydrogen) atoms. The average molecular weight is 212 g/mol. The van der Waals surface area contributed by atoms with Crippen LogP contribution in [0.25, 0.3) is 0 Å². The highest BCUT2D eigenvalue weighted by molar-refractivity contribution is 8.00. The maximum Gasteiger partial charge on any atom is 0.256 e. The fourth-order valence-corrected chi connectivity index (χ4v) is 3.71. The van der Waals surface area contributed by atoms with Gasteiger partial charge in [-0.25, -0.2) is 0 Å². The summed E-state index contributed by atoms with van der Waals surface area (Å²) in [6.45, 7) is 1.53. The van der Waals surface area contributed by atoms with Gasteiger partial charge in [0, 0.05) is 18.8 Å². The lowest BCUT2D eigenvalue weighted by molar-refractivity contribution is -0.154. The Morgan fingerprint density at radius 1 is 1.14 bits per heavy atom. The van der Waals surface area contributed by atoms with E-state index in [-0.39, 0.29) is 23.2 Å². The molecule has 3 heterocycles. The average Bonchev–Trinajstić information content (AvgIpc) is 2.82. The van der Waals surface area contributed by atoms with E-state index in [0.29, 0.717) is 0 Å². The van der Waals surface area contributed by atoms with Crippen molar-refractivity contribution in [2.45, 2.75) is 24.3 Å². The third-order valence-corrected chi connectivity index (χ3v) is 4.40. The molecule has 3 saturated heterocycles. The molecule has 3 rings (SSSR count). The van der Waals surface area contributed by atoms with E-state index < -0.39 is 0 Å². The van der Waals surface area contributed by atoms with Gasteiger partial charge in [0.1, 0.15) is 6.04 Å². The van der Waals surface area contributed by atoms with Crippen molar-refractivity contribution in [3.63, 3.8) is 0 Å². The quantitative estimate of drug-likeness (QED) is 0.562. The lowest BCUT2D eigenvalue weighted by Gasteiger charge is -2.37. The summed E-state index contributed by atoms with van der Waals surface area (Å²) in [7, 11) is 0. The van der Waals surface area contributed by atoms with Gasteiger partial charge in [-0.3, -0.25) is 9.59 Å². The number of fused-ring (bicyclic) bond motifs is 2. The SMILES string of the molecule is O=C1C2SCCN2C(=O)C2CCCN12. The molecule has 4 nitrogen and oxygen atoms in total. The van der Waals surface area contributed by atoms with Gasteiger partial charge in [0.15, 0.2) is 5.37 Å². The monoisotopic (exact) mass is 212 g/mol. The summed E-state index contributed by atoms with van der Waals surface area (Å²) in [6, 6.07) is -0.127. The van der Waals surface area contributed by atoms with Crippen molar-refractivity contribution in [3.8, 4) is 0 Å². The van der Waals surface area contributed by atoms with Crippen LogP contribution in [0, 0.1) is 0 Å². The number of carbonyl (C=O) groups excluding carboxylic acids is 2. The Morgan fingerprint density at radius 3 is 2.86 bits per heavy atom. The highest BCUT2D eigenvalue weighted by Crippen LogP contribution is 2.34. The zero-order chi connectivity index (χ0) is 9.71. The molecule has 0 radical (unpaired) electrons. The van der Waals surface area contributed by atoms with Crippen LogP contribution in [-0.2, 0) is 9.59 Å². The van der Waals surface area contributed by atoms with Crippen molar-refractivity contribution in [2.75, 3.05) is 18.8 Å². The number of amides is 2. The summed E-state index contributed by atoms with van der Waals surface area (Å²) in [5.41, 5.74) is 0. The van der Waals surface area contributed by atoms with Crippen LogP contribution in [0.5, 0.6) is 0 Å².